The van der Waals surface area contributed by atoms with Gasteiger partial charge in [0.25, 0.3) is 5.91 Å². The van der Waals surface area contributed by atoms with Gasteiger partial charge < -0.3 is 4.98 Å². The summed E-state index contributed by atoms with van der Waals surface area (Å²) in [6.07, 6.45) is 1.53. The molecule has 3 aromatic carbocycles. The molecule has 0 saturated heterocycles. The smallest absolute Gasteiger partial charge is 0.288 e. The third-order valence-corrected chi connectivity index (χ3v) is 4.74. The molecule has 5 nitrogen and oxygen atoms in total. The Bertz CT molecular complexity index is 1250. The predicted molar refractivity (Wildman–Crippen MR) is 115 cm³/mol. The first-order chi connectivity index (χ1) is 14.2. The summed E-state index contributed by atoms with van der Waals surface area (Å²) in [5, 5.41) is 14.5. The molecule has 0 fully saturated rings. The van der Waals surface area contributed by atoms with Crippen LogP contribution in [0, 0.1) is 11.3 Å². The van der Waals surface area contributed by atoms with E-state index in [2.05, 4.69) is 21.6 Å². The van der Waals surface area contributed by atoms with Crippen molar-refractivity contribution in [1.82, 2.24) is 10.4 Å². The van der Waals surface area contributed by atoms with Gasteiger partial charge in [0.1, 0.15) is 5.69 Å². The first-order valence-corrected chi connectivity index (χ1v) is 9.24. The summed E-state index contributed by atoms with van der Waals surface area (Å²) in [4.78, 5) is 16.0. The van der Waals surface area contributed by atoms with Gasteiger partial charge >= 0.3 is 0 Å². The van der Waals surface area contributed by atoms with Gasteiger partial charge in [-0.05, 0) is 41.5 Å². The molecular formula is C23H15ClN4O. The van der Waals surface area contributed by atoms with Crippen molar-refractivity contribution in [3.05, 3.63) is 94.6 Å². The second-order valence-electron chi connectivity index (χ2n) is 6.36. The number of hydrogen-bond acceptors (Lipinski definition) is 3. The van der Waals surface area contributed by atoms with Crippen molar-refractivity contribution >= 4 is 34.6 Å². The van der Waals surface area contributed by atoms with Gasteiger partial charge in [-0.3, -0.25) is 4.79 Å². The fraction of sp³-hybridized carbons (Fsp3) is 0. The van der Waals surface area contributed by atoms with Crippen molar-refractivity contribution in [2.24, 2.45) is 5.10 Å². The molecule has 29 heavy (non-hydrogen) atoms. The first kappa shape index (κ1) is 18.5. The minimum atomic E-state index is -0.351. The maximum absolute atomic E-state index is 12.8. The van der Waals surface area contributed by atoms with Crippen molar-refractivity contribution in [2.45, 2.75) is 0 Å². The highest BCUT2D eigenvalue weighted by Crippen LogP contribution is 2.33. The molecule has 0 aliphatic heterocycles. The van der Waals surface area contributed by atoms with Crippen LogP contribution in [0.5, 0.6) is 0 Å². The number of nitrogens with zero attached hydrogens (tertiary/aromatic N) is 2. The van der Waals surface area contributed by atoms with Crippen molar-refractivity contribution in [3.63, 3.8) is 0 Å². The quantitative estimate of drug-likeness (QED) is 0.369. The molecule has 6 heteroatoms. The molecule has 1 amide bonds. The van der Waals surface area contributed by atoms with Gasteiger partial charge in [0.15, 0.2) is 0 Å². The zero-order chi connectivity index (χ0) is 20.2. The number of nitrogens with one attached hydrogen (secondary N) is 2. The molecular weight excluding hydrogens is 384 g/mol. The maximum Gasteiger partial charge on any atom is 0.288 e. The minimum Gasteiger partial charge on any atom is -0.350 e. The van der Waals surface area contributed by atoms with Crippen LogP contribution in [-0.4, -0.2) is 17.1 Å². The summed E-state index contributed by atoms with van der Waals surface area (Å²) in [6.45, 7) is 0. The highest BCUT2D eigenvalue weighted by molar-refractivity contribution is 6.30. The van der Waals surface area contributed by atoms with Crippen molar-refractivity contribution < 1.29 is 4.79 Å². The lowest BCUT2D eigenvalue weighted by Crippen LogP contribution is -2.18. The molecule has 0 aliphatic carbocycles. The molecule has 2 N–H and O–H groups in total. The number of aromatic nitrogens is 1. The van der Waals surface area contributed by atoms with E-state index in [1.54, 1.807) is 36.4 Å². The summed E-state index contributed by atoms with van der Waals surface area (Å²) >= 11 is 6.02. The molecule has 4 aromatic rings. The van der Waals surface area contributed by atoms with Crippen LogP contribution in [0.25, 0.3) is 22.0 Å². The van der Waals surface area contributed by atoms with E-state index >= 15 is 0 Å². The number of nitriles is 1. The zero-order valence-corrected chi connectivity index (χ0v) is 15.9. The van der Waals surface area contributed by atoms with Crippen LogP contribution in [0.4, 0.5) is 0 Å². The fourth-order valence-corrected chi connectivity index (χ4v) is 3.22. The van der Waals surface area contributed by atoms with Crippen LogP contribution in [0.3, 0.4) is 0 Å². The van der Waals surface area contributed by atoms with Gasteiger partial charge in [-0.15, -0.1) is 0 Å². The van der Waals surface area contributed by atoms with E-state index in [-0.39, 0.29) is 5.91 Å². The van der Waals surface area contributed by atoms with Gasteiger partial charge in [-0.1, -0.05) is 54.1 Å². The lowest BCUT2D eigenvalue weighted by atomic mass is 10.0. The number of para-hydroxylation sites is 1. The van der Waals surface area contributed by atoms with Gasteiger partial charge in [-0.2, -0.15) is 10.4 Å². The number of rotatable bonds is 4. The highest BCUT2D eigenvalue weighted by Gasteiger charge is 2.18. The number of hydrogen-bond donors (Lipinski definition) is 2. The molecule has 0 atom stereocenters. The Kier molecular flexibility index (Phi) is 5.10. The van der Waals surface area contributed by atoms with E-state index < -0.39 is 0 Å². The number of fused-ring (bicyclic) bond motifs is 1. The largest absolute Gasteiger partial charge is 0.350 e. The molecule has 0 bridgehead atoms. The second-order valence-corrected chi connectivity index (χ2v) is 6.80. The van der Waals surface area contributed by atoms with Crippen LogP contribution >= 0.6 is 11.6 Å². The van der Waals surface area contributed by atoms with E-state index in [4.69, 9.17) is 16.9 Å². The van der Waals surface area contributed by atoms with E-state index in [9.17, 15) is 4.79 Å². The van der Waals surface area contributed by atoms with Crippen LogP contribution in [0.15, 0.2) is 77.9 Å². The molecule has 0 radical (unpaired) electrons. The summed E-state index contributed by atoms with van der Waals surface area (Å²) < 4.78 is 0. The maximum atomic E-state index is 12.8. The standard InChI is InChI=1S/C23H15ClN4O/c24-18-11-9-17(10-12-18)21-19-3-1-2-4-20(19)27-22(21)23(29)28-26-14-16-7-5-15(13-25)6-8-16/h1-12,14,27H,(H,28,29)/b26-14-. The number of aromatic amines is 1. The Labute approximate surface area is 172 Å². The molecule has 140 valence electrons. The predicted octanol–water partition coefficient (Wildman–Crippen LogP) is 5.12. The first-order valence-electron chi connectivity index (χ1n) is 8.86. The number of H-pyrrole nitrogens is 1. The fourth-order valence-electron chi connectivity index (χ4n) is 3.09. The van der Waals surface area contributed by atoms with Crippen molar-refractivity contribution in [3.8, 4) is 17.2 Å². The SMILES string of the molecule is N#Cc1ccc(/C=N\NC(=O)c2[nH]c3ccccc3c2-c2ccc(Cl)cc2)cc1. The highest BCUT2D eigenvalue weighted by atomic mass is 35.5. The third kappa shape index (κ3) is 3.88. The Morgan fingerprint density at radius 3 is 2.48 bits per heavy atom. The second kappa shape index (κ2) is 8.01. The monoisotopic (exact) mass is 398 g/mol. The molecule has 1 heterocycles. The van der Waals surface area contributed by atoms with Crippen molar-refractivity contribution in [1.29, 1.82) is 5.26 Å². The Hall–Kier alpha value is -3.88. The zero-order valence-electron chi connectivity index (χ0n) is 15.2. The van der Waals surface area contributed by atoms with Gasteiger partial charge in [0.05, 0.1) is 17.8 Å². The van der Waals surface area contributed by atoms with Crippen molar-refractivity contribution in [2.75, 3.05) is 0 Å². The summed E-state index contributed by atoms with van der Waals surface area (Å²) in [7, 11) is 0. The molecule has 0 saturated carbocycles. The van der Waals surface area contributed by atoms with Gasteiger partial charge in [-0.25, -0.2) is 5.43 Å². The lowest BCUT2D eigenvalue weighted by Gasteiger charge is -2.05. The Balaban J connectivity index is 1.65. The number of amides is 1. The van der Waals surface area contributed by atoms with Gasteiger partial charge in [0, 0.05) is 21.5 Å². The van der Waals surface area contributed by atoms with E-state index in [1.165, 1.54) is 6.21 Å². The molecule has 0 aliphatic rings. The average molecular weight is 399 g/mol. The van der Waals surface area contributed by atoms with E-state index in [1.807, 2.05) is 36.4 Å². The lowest BCUT2D eigenvalue weighted by molar-refractivity contribution is 0.0951. The minimum absolute atomic E-state index is 0.351. The molecule has 0 unspecified atom stereocenters. The number of carbonyl (C=O) groups excluding carboxylic acids is 1. The molecule has 1 aromatic heterocycles. The third-order valence-electron chi connectivity index (χ3n) is 4.49. The number of halogens is 1. The normalized spacial score (nSPS) is 10.9. The van der Waals surface area contributed by atoms with E-state index in [0.717, 1.165) is 27.6 Å². The number of carbonyl (C=O) groups is 1. The van der Waals surface area contributed by atoms with Gasteiger partial charge in [0.2, 0.25) is 0 Å². The topological polar surface area (TPSA) is 81.0 Å². The van der Waals surface area contributed by atoms with Crippen LogP contribution in [0.1, 0.15) is 21.6 Å². The molecule has 4 rings (SSSR count). The summed E-state index contributed by atoms with van der Waals surface area (Å²) in [6, 6.07) is 24.1. The van der Waals surface area contributed by atoms with Crippen LogP contribution in [-0.2, 0) is 0 Å². The van der Waals surface area contributed by atoms with Crippen LogP contribution < -0.4 is 5.43 Å². The number of benzene rings is 3. The summed E-state index contributed by atoms with van der Waals surface area (Å²) in [5.74, 6) is -0.351. The van der Waals surface area contributed by atoms with Crippen LogP contribution in [0.2, 0.25) is 5.02 Å². The van der Waals surface area contributed by atoms with E-state index in [0.29, 0.717) is 16.3 Å². The average Bonchev–Trinajstić information content (AvgIpc) is 3.14. The Morgan fingerprint density at radius 1 is 1.03 bits per heavy atom. The Morgan fingerprint density at radius 2 is 1.76 bits per heavy atom. The number of hydrazone groups is 1. The summed E-state index contributed by atoms with van der Waals surface area (Å²) in [5.41, 5.74) is 6.87. The molecule has 0 spiro atoms.